The number of carbonyl (C=O) groups is 1. The predicted molar refractivity (Wildman–Crippen MR) is 71.9 cm³/mol. The zero-order valence-electron chi connectivity index (χ0n) is 10.4. The number of hydrogen-bond donors (Lipinski definition) is 2. The van der Waals surface area contributed by atoms with E-state index in [0.29, 0.717) is 13.0 Å². The fourth-order valence-corrected chi connectivity index (χ4v) is 1.86. The lowest BCUT2D eigenvalue weighted by molar-refractivity contribution is -0.118. The molecule has 1 unspecified atom stereocenters. The quantitative estimate of drug-likeness (QED) is 0.838. The molecular formula is C14H17N3O. The van der Waals surface area contributed by atoms with Crippen molar-refractivity contribution in [2.45, 2.75) is 25.9 Å². The Labute approximate surface area is 106 Å². The van der Waals surface area contributed by atoms with Gasteiger partial charge in [-0.05, 0) is 19.1 Å². The Balaban J connectivity index is 2.01. The van der Waals surface area contributed by atoms with Crippen LogP contribution in [0.1, 0.15) is 19.0 Å². The number of pyridine rings is 1. The fraction of sp³-hybridized carbons (Fsp3) is 0.286. The Morgan fingerprint density at radius 1 is 1.33 bits per heavy atom. The zero-order chi connectivity index (χ0) is 13.0. The van der Waals surface area contributed by atoms with Gasteiger partial charge in [0.05, 0.1) is 11.2 Å². The van der Waals surface area contributed by atoms with Crippen molar-refractivity contribution >= 4 is 16.8 Å². The van der Waals surface area contributed by atoms with E-state index in [1.165, 1.54) is 0 Å². The van der Waals surface area contributed by atoms with E-state index in [0.717, 1.165) is 16.6 Å². The Kier molecular flexibility index (Phi) is 3.89. The summed E-state index contributed by atoms with van der Waals surface area (Å²) in [5.74, 6) is -0.290. The summed E-state index contributed by atoms with van der Waals surface area (Å²) in [6.07, 6.45) is 0.341. The molecule has 1 aromatic carbocycles. The van der Waals surface area contributed by atoms with Crippen molar-refractivity contribution in [1.82, 2.24) is 10.3 Å². The third-order valence-corrected chi connectivity index (χ3v) is 2.80. The Bertz CT molecular complexity index is 553. The number of nitrogens with two attached hydrogens (primary N) is 1. The third kappa shape index (κ3) is 3.28. The zero-order valence-corrected chi connectivity index (χ0v) is 10.4. The van der Waals surface area contributed by atoms with E-state index in [-0.39, 0.29) is 11.9 Å². The number of fused-ring (bicyclic) bond motifs is 1. The van der Waals surface area contributed by atoms with Crippen LogP contribution in [0, 0.1) is 0 Å². The van der Waals surface area contributed by atoms with Gasteiger partial charge < -0.3 is 11.1 Å². The normalized spacial score (nSPS) is 12.5. The smallest absolute Gasteiger partial charge is 0.218 e. The second kappa shape index (κ2) is 5.60. The maximum Gasteiger partial charge on any atom is 0.218 e. The van der Waals surface area contributed by atoms with E-state index < -0.39 is 0 Å². The number of primary amides is 1. The molecule has 94 valence electrons. The van der Waals surface area contributed by atoms with Crippen molar-refractivity contribution in [3.8, 4) is 0 Å². The Hall–Kier alpha value is -1.94. The number of amides is 1. The number of rotatable bonds is 5. The molecule has 2 rings (SSSR count). The molecule has 1 atom stereocenters. The molecule has 0 saturated heterocycles. The molecule has 1 aromatic heterocycles. The van der Waals surface area contributed by atoms with Gasteiger partial charge in [0.1, 0.15) is 0 Å². The molecule has 0 aliphatic heterocycles. The molecule has 1 heterocycles. The minimum absolute atomic E-state index is 0.0655. The summed E-state index contributed by atoms with van der Waals surface area (Å²) in [5.41, 5.74) is 7.09. The first-order valence-corrected chi connectivity index (χ1v) is 6.01. The van der Waals surface area contributed by atoms with Gasteiger partial charge in [-0.15, -0.1) is 0 Å². The van der Waals surface area contributed by atoms with Crippen LogP contribution >= 0.6 is 0 Å². The van der Waals surface area contributed by atoms with Gasteiger partial charge in [0.25, 0.3) is 0 Å². The van der Waals surface area contributed by atoms with Crippen molar-refractivity contribution in [3.63, 3.8) is 0 Å². The molecule has 0 aliphatic carbocycles. The number of aromatic nitrogens is 1. The molecular weight excluding hydrogens is 226 g/mol. The first-order chi connectivity index (χ1) is 8.65. The lowest BCUT2D eigenvalue weighted by atomic mass is 10.2. The summed E-state index contributed by atoms with van der Waals surface area (Å²) in [5, 5.41) is 4.36. The van der Waals surface area contributed by atoms with Gasteiger partial charge in [0.15, 0.2) is 0 Å². The topological polar surface area (TPSA) is 68.0 Å². The van der Waals surface area contributed by atoms with Crippen LogP contribution in [0.25, 0.3) is 10.9 Å². The highest BCUT2D eigenvalue weighted by Gasteiger charge is 2.05. The van der Waals surface area contributed by atoms with Gasteiger partial charge in [-0.3, -0.25) is 9.78 Å². The maximum absolute atomic E-state index is 10.8. The summed E-state index contributed by atoms with van der Waals surface area (Å²) in [7, 11) is 0. The molecule has 3 N–H and O–H groups in total. The number of para-hydroxylation sites is 1. The summed E-state index contributed by atoms with van der Waals surface area (Å²) in [6, 6.07) is 12.1. The van der Waals surface area contributed by atoms with Crippen LogP contribution in [0.2, 0.25) is 0 Å². The van der Waals surface area contributed by atoms with Gasteiger partial charge in [0.2, 0.25) is 5.91 Å². The molecule has 0 fully saturated rings. The molecule has 0 saturated carbocycles. The fourth-order valence-electron chi connectivity index (χ4n) is 1.86. The maximum atomic E-state index is 10.8. The van der Waals surface area contributed by atoms with Crippen LogP contribution in [-0.2, 0) is 11.3 Å². The first kappa shape index (κ1) is 12.5. The Morgan fingerprint density at radius 2 is 2.11 bits per heavy atom. The Morgan fingerprint density at radius 3 is 2.89 bits per heavy atom. The molecule has 4 nitrogen and oxygen atoms in total. The average molecular weight is 243 g/mol. The lowest BCUT2D eigenvalue weighted by Gasteiger charge is -2.11. The highest BCUT2D eigenvalue weighted by Crippen LogP contribution is 2.11. The van der Waals surface area contributed by atoms with Crippen LogP contribution in [0.15, 0.2) is 36.4 Å². The number of nitrogens with one attached hydrogen (secondary N) is 1. The largest absolute Gasteiger partial charge is 0.370 e. The van der Waals surface area contributed by atoms with E-state index >= 15 is 0 Å². The van der Waals surface area contributed by atoms with Crippen LogP contribution in [0.5, 0.6) is 0 Å². The first-order valence-electron chi connectivity index (χ1n) is 6.01. The number of carbonyl (C=O) groups excluding carboxylic acids is 1. The van der Waals surface area contributed by atoms with Gasteiger partial charge in [-0.1, -0.05) is 24.3 Å². The molecule has 0 bridgehead atoms. The molecule has 0 radical (unpaired) electrons. The summed E-state index contributed by atoms with van der Waals surface area (Å²) >= 11 is 0. The number of nitrogens with zero attached hydrogens (tertiary/aromatic N) is 1. The van der Waals surface area contributed by atoms with Crippen LogP contribution in [0.3, 0.4) is 0 Å². The van der Waals surface area contributed by atoms with Crippen molar-refractivity contribution in [1.29, 1.82) is 0 Å². The number of hydrogen-bond acceptors (Lipinski definition) is 3. The minimum Gasteiger partial charge on any atom is -0.370 e. The summed E-state index contributed by atoms with van der Waals surface area (Å²) in [4.78, 5) is 15.3. The van der Waals surface area contributed by atoms with E-state index in [4.69, 9.17) is 5.73 Å². The van der Waals surface area contributed by atoms with Crippen LogP contribution in [-0.4, -0.2) is 16.9 Å². The highest BCUT2D eigenvalue weighted by molar-refractivity contribution is 5.78. The lowest BCUT2D eigenvalue weighted by Crippen LogP contribution is -2.30. The van der Waals surface area contributed by atoms with Crippen molar-refractivity contribution in [2.24, 2.45) is 5.73 Å². The summed E-state index contributed by atoms with van der Waals surface area (Å²) in [6.45, 7) is 2.57. The second-order valence-electron chi connectivity index (χ2n) is 4.45. The molecule has 18 heavy (non-hydrogen) atoms. The van der Waals surface area contributed by atoms with Gasteiger partial charge in [0, 0.05) is 24.4 Å². The molecule has 2 aromatic rings. The van der Waals surface area contributed by atoms with Crippen molar-refractivity contribution < 1.29 is 4.79 Å². The number of benzene rings is 1. The monoisotopic (exact) mass is 243 g/mol. The van der Waals surface area contributed by atoms with E-state index in [1.54, 1.807) is 0 Å². The van der Waals surface area contributed by atoms with E-state index in [1.807, 2.05) is 37.3 Å². The predicted octanol–water partition coefficient (Wildman–Crippen LogP) is 1.59. The van der Waals surface area contributed by atoms with Crippen molar-refractivity contribution in [2.75, 3.05) is 0 Å². The standard InChI is InChI=1S/C14H17N3O/c1-10(8-14(15)18)16-9-12-7-6-11-4-2-3-5-13(11)17-12/h2-7,10,16H,8-9H2,1H3,(H2,15,18). The van der Waals surface area contributed by atoms with E-state index in [2.05, 4.69) is 16.4 Å². The molecule has 1 amide bonds. The van der Waals surface area contributed by atoms with Gasteiger partial charge in [-0.25, -0.2) is 0 Å². The SMILES string of the molecule is CC(CC(N)=O)NCc1ccc2ccccc2n1. The second-order valence-corrected chi connectivity index (χ2v) is 4.45. The van der Waals surface area contributed by atoms with Crippen molar-refractivity contribution in [3.05, 3.63) is 42.1 Å². The molecule has 0 aliphatic rings. The summed E-state index contributed by atoms with van der Waals surface area (Å²) < 4.78 is 0. The minimum atomic E-state index is -0.290. The molecule has 4 heteroatoms. The molecule has 0 spiro atoms. The third-order valence-electron chi connectivity index (χ3n) is 2.80. The van der Waals surface area contributed by atoms with Crippen LogP contribution < -0.4 is 11.1 Å². The average Bonchev–Trinajstić information content (AvgIpc) is 2.35. The van der Waals surface area contributed by atoms with E-state index in [9.17, 15) is 4.79 Å². The van der Waals surface area contributed by atoms with Crippen LogP contribution in [0.4, 0.5) is 0 Å². The van der Waals surface area contributed by atoms with Gasteiger partial charge in [-0.2, -0.15) is 0 Å². The highest BCUT2D eigenvalue weighted by atomic mass is 16.1. The van der Waals surface area contributed by atoms with Gasteiger partial charge >= 0.3 is 0 Å².